The number of esters is 1. The van der Waals surface area contributed by atoms with Crippen LogP contribution in [0.25, 0.3) is 0 Å². The largest absolute Gasteiger partial charge is 0.574 e. The Kier molecular flexibility index (Phi) is 3.58. The third kappa shape index (κ3) is 2.99. The summed E-state index contributed by atoms with van der Waals surface area (Å²) < 4.78 is 43.5. The molecule has 0 radical (unpaired) electrons. The number of alkyl halides is 3. The van der Waals surface area contributed by atoms with Crippen molar-refractivity contribution in [3.8, 4) is 5.88 Å². The standard InChI is InChI=1S/C8H5ClF3NO3/c1-15-7(14)4-2-3-13-6(5(4)9)16-8(10,11)12/h2-3H,1H3. The van der Waals surface area contributed by atoms with Gasteiger partial charge in [-0.1, -0.05) is 11.6 Å². The van der Waals surface area contributed by atoms with E-state index in [1.165, 1.54) is 0 Å². The molecule has 0 aliphatic rings. The van der Waals surface area contributed by atoms with Gasteiger partial charge in [-0.25, -0.2) is 9.78 Å². The van der Waals surface area contributed by atoms with Gasteiger partial charge in [-0.15, -0.1) is 13.2 Å². The van der Waals surface area contributed by atoms with Crippen molar-refractivity contribution in [2.24, 2.45) is 0 Å². The highest BCUT2D eigenvalue weighted by Gasteiger charge is 2.33. The van der Waals surface area contributed by atoms with E-state index in [1.54, 1.807) is 0 Å². The van der Waals surface area contributed by atoms with Gasteiger partial charge in [0.15, 0.2) is 0 Å². The van der Waals surface area contributed by atoms with Crippen LogP contribution >= 0.6 is 11.6 Å². The summed E-state index contributed by atoms with van der Waals surface area (Å²) in [4.78, 5) is 14.3. The van der Waals surface area contributed by atoms with E-state index in [1.807, 2.05) is 0 Å². The number of ether oxygens (including phenoxy) is 2. The lowest BCUT2D eigenvalue weighted by atomic mass is 10.3. The number of pyridine rings is 1. The average Bonchev–Trinajstić information content (AvgIpc) is 2.18. The molecule has 0 atom stereocenters. The van der Waals surface area contributed by atoms with Crippen LogP contribution in [-0.2, 0) is 4.74 Å². The molecule has 0 fully saturated rings. The summed E-state index contributed by atoms with van der Waals surface area (Å²) in [6.45, 7) is 0. The van der Waals surface area contributed by atoms with Crippen LogP contribution in [0.3, 0.4) is 0 Å². The van der Waals surface area contributed by atoms with Gasteiger partial charge in [-0.2, -0.15) is 0 Å². The van der Waals surface area contributed by atoms with E-state index in [2.05, 4.69) is 14.5 Å². The molecule has 16 heavy (non-hydrogen) atoms. The molecule has 0 saturated heterocycles. The SMILES string of the molecule is COC(=O)c1ccnc(OC(F)(F)F)c1Cl. The van der Waals surface area contributed by atoms with E-state index in [0.717, 1.165) is 19.4 Å². The Morgan fingerprint density at radius 3 is 2.62 bits per heavy atom. The molecule has 0 unspecified atom stereocenters. The minimum atomic E-state index is -4.93. The summed E-state index contributed by atoms with van der Waals surface area (Å²) in [6, 6.07) is 1.12. The molecule has 4 nitrogen and oxygen atoms in total. The normalized spacial score (nSPS) is 11.1. The fourth-order valence-electron chi connectivity index (χ4n) is 0.873. The molecule has 0 amide bonds. The van der Waals surface area contributed by atoms with Crippen LogP contribution in [0, 0.1) is 0 Å². The third-order valence-corrected chi connectivity index (χ3v) is 1.84. The predicted molar refractivity (Wildman–Crippen MR) is 47.3 cm³/mol. The maximum absolute atomic E-state index is 11.9. The van der Waals surface area contributed by atoms with Gasteiger partial charge in [0.2, 0.25) is 5.88 Å². The third-order valence-electron chi connectivity index (χ3n) is 1.47. The van der Waals surface area contributed by atoms with Crippen molar-refractivity contribution in [1.29, 1.82) is 0 Å². The molecule has 8 heteroatoms. The van der Waals surface area contributed by atoms with Crippen molar-refractivity contribution in [1.82, 2.24) is 4.98 Å². The molecule has 0 spiro atoms. The Labute approximate surface area is 92.9 Å². The van der Waals surface area contributed by atoms with Crippen LogP contribution < -0.4 is 4.74 Å². The van der Waals surface area contributed by atoms with Crippen LogP contribution in [0.15, 0.2) is 12.3 Å². The van der Waals surface area contributed by atoms with E-state index >= 15 is 0 Å². The zero-order chi connectivity index (χ0) is 12.3. The lowest BCUT2D eigenvalue weighted by Gasteiger charge is -2.10. The number of aromatic nitrogens is 1. The van der Waals surface area contributed by atoms with E-state index in [9.17, 15) is 18.0 Å². The van der Waals surface area contributed by atoms with Crippen molar-refractivity contribution in [2.45, 2.75) is 6.36 Å². The Morgan fingerprint density at radius 1 is 1.50 bits per heavy atom. The lowest BCUT2D eigenvalue weighted by molar-refractivity contribution is -0.276. The van der Waals surface area contributed by atoms with Gasteiger partial charge in [-0.3, -0.25) is 0 Å². The highest BCUT2D eigenvalue weighted by Crippen LogP contribution is 2.30. The summed E-state index contributed by atoms with van der Waals surface area (Å²) >= 11 is 5.50. The minimum Gasteiger partial charge on any atom is -0.465 e. The van der Waals surface area contributed by atoms with Crippen LogP contribution in [0.1, 0.15) is 10.4 Å². The fourth-order valence-corrected chi connectivity index (χ4v) is 1.10. The Balaban J connectivity index is 3.09. The molecule has 1 aromatic heterocycles. The predicted octanol–water partition coefficient (Wildman–Crippen LogP) is 2.42. The van der Waals surface area contributed by atoms with Gasteiger partial charge in [0.1, 0.15) is 5.02 Å². The van der Waals surface area contributed by atoms with Crippen molar-refractivity contribution >= 4 is 17.6 Å². The van der Waals surface area contributed by atoms with Crippen molar-refractivity contribution < 1.29 is 27.4 Å². The number of carbonyl (C=O) groups excluding carboxylic acids is 1. The molecule has 0 aromatic carbocycles. The molecule has 0 bridgehead atoms. The van der Waals surface area contributed by atoms with Crippen LogP contribution in [0.5, 0.6) is 5.88 Å². The molecule has 88 valence electrons. The molecule has 0 saturated carbocycles. The lowest BCUT2D eigenvalue weighted by Crippen LogP contribution is -2.18. The second kappa shape index (κ2) is 4.56. The first-order valence-electron chi connectivity index (χ1n) is 3.83. The van der Waals surface area contributed by atoms with Crippen molar-refractivity contribution in [3.63, 3.8) is 0 Å². The average molecular weight is 256 g/mol. The van der Waals surface area contributed by atoms with Gasteiger partial charge < -0.3 is 9.47 Å². The molecular formula is C8H5ClF3NO3. The van der Waals surface area contributed by atoms with Crippen molar-refractivity contribution in [3.05, 3.63) is 22.8 Å². The highest BCUT2D eigenvalue weighted by atomic mass is 35.5. The van der Waals surface area contributed by atoms with E-state index in [-0.39, 0.29) is 5.56 Å². The van der Waals surface area contributed by atoms with E-state index < -0.39 is 23.2 Å². The van der Waals surface area contributed by atoms with Gasteiger partial charge in [0, 0.05) is 6.20 Å². The second-order valence-electron chi connectivity index (χ2n) is 2.52. The Hall–Kier alpha value is -1.50. The van der Waals surface area contributed by atoms with Gasteiger partial charge in [0.25, 0.3) is 0 Å². The van der Waals surface area contributed by atoms with E-state index in [4.69, 9.17) is 11.6 Å². The van der Waals surface area contributed by atoms with Gasteiger partial charge in [0.05, 0.1) is 12.7 Å². The smallest absolute Gasteiger partial charge is 0.465 e. The second-order valence-corrected chi connectivity index (χ2v) is 2.89. The fraction of sp³-hybridized carbons (Fsp3) is 0.250. The molecule has 0 aliphatic carbocycles. The first-order chi connectivity index (χ1) is 7.35. The first kappa shape index (κ1) is 12.6. The van der Waals surface area contributed by atoms with Crippen LogP contribution in [0.4, 0.5) is 13.2 Å². The van der Waals surface area contributed by atoms with Crippen LogP contribution in [-0.4, -0.2) is 24.4 Å². The number of hydrogen-bond donors (Lipinski definition) is 0. The summed E-state index contributed by atoms with van der Waals surface area (Å²) in [6.07, 6.45) is -3.97. The summed E-state index contributed by atoms with van der Waals surface area (Å²) in [5, 5.41) is -0.549. The summed E-state index contributed by atoms with van der Waals surface area (Å²) in [7, 11) is 1.07. The first-order valence-corrected chi connectivity index (χ1v) is 4.21. The summed E-state index contributed by atoms with van der Waals surface area (Å²) in [5.41, 5.74) is -0.251. The number of nitrogens with zero attached hydrogens (tertiary/aromatic N) is 1. The Bertz CT molecular complexity index is 408. The molecular weight excluding hydrogens is 251 g/mol. The van der Waals surface area contributed by atoms with Crippen molar-refractivity contribution in [2.75, 3.05) is 7.11 Å². The highest BCUT2D eigenvalue weighted by molar-refractivity contribution is 6.34. The maximum atomic E-state index is 11.9. The number of methoxy groups -OCH3 is 1. The quantitative estimate of drug-likeness (QED) is 0.762. The zero-order valence-electron chi connectivity index (χ0n) is 7.84. The molecule has 1 aromatic rings. The molecule has 0 aliphatic heterocycles. The number of hydrogen-bond acceptors (Lipinski definition) is 4. The van der Waals surface area contributed by atoms with Gasteiger partial charge >= 0.3 is 12.3 Å². The molecule has 0 N–H and O–H groups in total. The molecule has 1 rings (SSSR count). The Morgan fingerprint density at radius 2 is 2.12 bits per heavy atom. The van der Waals surface area contributed by atoms with Gasteiger partial charge in [-0.05, 0) is 6.07 Å². The topological polar surface area (TPSA) is 48.4 Å². The molecule has 1 heterocycles. The summed E-state index contributed by atoms with van der Waals surface area (Å²) in [5.74, 6) is -1.77. The monoisotopic (exact) mass is 255 g/mol. The number of rotatable bonds is 2. The number of halogens is 4. The minimum absolute atomic E-state index is 0.251. The zero-order valence-corrected chi connectivity index (χ0v) is 8.59. The number of carbonyl (C=O) groups is 1. The van der Waals surface area contributed by atoms with E-state index in [0.29, 0.717) is 0 Å². The van der Waals surface area contributed by atoms with Crippen LogP contribution in [0.2, 0.25) is 5.02 Å². The maximum Gasteiger partial charge on any atom is 0.574 e.